The average Bonchev–Trinajstić information content (AvgIpc) is 3.39. The summed E-state index contributed by atoms with van der Waals surface area (Å²) in [4.78, 5) is 35.0. The van der Waals surface area contributed by atoms with Crippen LogP contribution in [-0.4, -0.2) is 47.9 Å². The Morgan fingerprint density at radius 1 is 0.950 bits per heavy atom. The van der Waals surface area contributed by atoms with E-state index in [0.717, 1.165) is 55.3 Å². The van der Waals surface area contributed by atoms with Gasteiger partial charge in [0.2, 0.25) is 0 Å². The van der Waals surface area contributed by atoms with Gasteiger partial charge in [-0.1, -0.05) is 35.3 Å². The number of carbonyl (C=O) groups excluding carboxylic acids is 2. The highest BCUT2D eigenvalue weighted by molar-refractivity contribution is 6.35. The molecule has 204 valence electrons. The lowest BCUT2D eigenvalue weighted by molar-refractivity contribution is 0.0709. The Bertz CT molecular complexity index is 1600. The summed E-state index contributed by atoms with van der Waals surface area (Å²) < 4.78 is 0. The molecule has 0 bridgehead atoms. The number of piperidine rings is 1. The van der Waals surface area contributed by atoms with Crippen molar-refractivity contribution in [3.63, 3.8) is 0 Å². The second-order valence-corrected chi connectivity index (χ2v) is 11.5. The van der Waals surface area contributed by atoms with Crippen LogP contribution in [0.25, 0.3) is 10.8 Å². The van der Waals surface area contributed by atoms with E-state index in [4.69, 9.17) is 23.2 Å². The number of nitrogens with zero attached hydrogens (tertiary/aromatic N) is 3. The lowest BCUT2D eigenvalue weighted by Gasteiger charge is -2.38. The molecule has 0 radical (unpaired) electrons. The number of pyridine rings is 1. The van der Waals surface area contributed by atoms with Gasteiger partial charge < -0.3 is 15.1 Å². The highest BCUT2D eigenvalue weighted by atomic mass is 35.5. The first-order valence-electron chi connectivity index (χ1n) is 13.6. The van der Waals surface area contributed by atoms with Crippen LogP contribution in [0.3, 0.4) is 0 Å². The lowest BCUT2D eigenvalue weighted by atomic mass is 9.99. The summed E-state index contributed by atoms with van der Waals surface area (Å²) in [7, 11) is 1.90. The average molecular weight is 574 g/mol. The number of fused-ring (bicyclic) bond motifs is 2. The van der Waals surface area contributed by atoms with Gasteiger partial charge >= 0.3 is 0 Å². The van der Waals surface area contributed by atoms with Crippen LogP contribution in [0.5, 0.6) is 0 Å². The maximum atomic E-state index is 13.6. The Morgan fingerprint density at radius 3 is 2.60 bits per heavy atom. The van der Waals surface area contributed by atoms with Crippen molar-refractivity contribution in [3.8, 4) is 0 Å². The second-order valence-electron chi connectivity index (χ2n) is 10.6. The first-order valence-corrected chi connectivity index (χ1v) is 14.4. The molecule has 4 aromatic rings. The van der Waals surface area contributed by atoms with Crippen molar-refractivity contribution < 1.29 is 9.59 Å². The van der Waals surface area contributed by atoms with Crippen LogP contribution in [0.15, 0.2) is 73.1 Å². The Hall–Kier alpha value is -3.61. The van der Waals surface area contributed by atoms with Crippen LogP contribution in [-0.2, 0) is 6.42 Å². The molecule has 0 spiro atoms. The molecule has 2 aliphatic rings. The van der Waals surface area contributed by atoms with Gasteiger partial charge in [-0.25, -0.2) is 0 Å². The molecule has 1 fully saturated rings. The fraction of sp³-hybridized carbons (Fsp3) is 0.281. The molecule has 1 aromatic heterocycles. The van der Waals surface area contributed by atoms with Crippen LogP contribution < -0.4 is 10.2 Å². The first-order chi connectivity index (χ1) is 19.4. The minimum atomic E-state index is -0.269. The predicted octanol–water partition coefficient (Wildman–Crippen LogP) is 6.70. The molecule has 6 nitrogen and oxygen atoms in total. The third-order valence-corrected chi connectivity index (χ3v) is 8.84. The van der Waals surface area contributed by atoms with Crippen LogP contribution in [0.1, 0.15) is 57.1 Å². The molecule has 3 aromatic carbocycles. The summed E-state index contributed by atoms with van der Waals surface area (Å²) in [6.07, 6.45) is 7.13. The van der Waals surface area contributed by atoms with E-state index >= 15 is 0 Å². The smallest absolute Gasteiger partial charge is 0.253 e. The molecule has 2 heterocycles. The number of rotatable bonds is 5. The number of aryl methyl sites for hydroxylation is 1. The maximum absolute atomic E-state index is 13.6. The van der Waals surface area contributed by atoms with Gasteiger partial charge in [-0.2, -0.15) is 0 Å². The molecule has 1 atom stereocenters. The largest absolute Gasteiger partial charge is 0.371 e. The predicted molar refractivity (Wildman–Crippen MR) is 161 cm³/mol. The second kappa shape index (κ2) is 11.1. The molecule has 1 aliphatic heterocycles. The molecule has 2 amide bonds. The molecule has 1 unspecified atom stereocenters. The molecule has 8 heteroatoms. The number of carbonyl (C=O) groups is 2. The summed E-state index contributed by atoms with van der Waals surface area (Å²) in [6.45, 7) is 1.78. The van der Waals surface area contributed by atoms with E-state index < -0.39 is 0 Å². The SMILES string of the molecule is CN(C(=O)c1ccc2c(c1)C(NC(=O)c1cc(Cl)ccc1Cl)CC2)C1CCN(c2ccc3cnccc3c2)CC1. The zero-order chi connectivity index (χ0) is 27.8. The van der Waals surface area contributed by atoms with Crippen molar-refractivity contribution >= 4 is 51.5 Å². The van der Waals surface area contributed by atoms with Crippen LogP contribution in [0.4, 0.5) is 5.69 Å². The number of aromatic nitrogens is 1. The van der Waals surface area contributed by atoms with E-state index in [1.54, 1.807) is 18.2 Å². The van der Waals surface area contributed by atoms with E-state index in [9.17, 15) is 9.59 Å². The van der Waals surface area contributed by atoms with Gasteiger partial charge in [0, 0.05) is 60.2 Å². The number of hydrogen-bond acceptors (Lipinski definition) is 4. The summed E-state index contributed by atoms with van der Waals surface area (Å²) in [6, 6.07) is 19.2. The number of nitrogens with one attached hydrogen (secondary N) is 1. The molecule has 1 N–H and O–H groups in total. The summed E-state index contributed by atoms with van der Waals surface area (Å²) in [5.41, 5.74) is 4.35. The van der Waals surface area contributed by atoms with Gasteiger partial charge in [-0.3, -0.25) is 14.6 Å². The highest BCUT2D eigenvalue weighted by Gasteiger charge is 2.29. The van der Waals surface area contributed by atoms with Crippen LogP contribution in [0, 0.1) is 0 Å². The van der Waals surface area contributed by atoms with Gasteiger partial charge in [0.1, 0.15) is 0 Å². The van der Waals surface area contributed by atoms with Crippen molar-refractivity contribution in [2.24, 2.45) is 0 Å². The zero-order valence-electron chi connectivity index (χ0n) is 22.2. The number of halogens is 2. The molecule has 6 rings (SSSR count). The quantitative estimate of drug-likeness (QED) is 0.289. The topological polar surface area (TPSA) is 65.5 Å². The van der Waals surface area contributed by atoms with Gasteiger partial charge in [0.15, 0.2) is 0 Å². The highest BCUT2D eigenvalue weighted by Crippen LogP contribution is 2.33. The Balaban J connectivity index is 1.11. The van der Waals surface area contributed by atoms with Crippen LogP contribution >= 0.6 is 23.2 Å². The zero-order valence-corrected chi connectivity index (χ0v) is 23.8. The monoisotopic (exact) mass is 572 g/mol. The Labute approximate surface area is 243 Å². The summed E-state index contributed by atoms with van der Waals surface area (Å²) in [5.74, 6) is -0.261. The molecule has 0 saturated carbocycles. The normalized spacial score (nSPS) is 17.1. The molecule has 40 heavy (non-hydrogen) atoms. The summed E-state index contributed by atoms with van der Waals surface area (Å²) in [5, 5.41) is 6.23. The number of anilines is 1. The van der Waals surface area contributed by atoms with E-state index in [-0.39, 0.29) is 23.9 Å². The first kappa shape index (κ1) is 26.6. The van der Waals surface area contributed by atoms with Crippen molar-refractivity contribution in [2.45, 2.75) is 37.8 Å². The third kappa shape index (κ3) is 5.26. The molecule has 1 aliphatic carbocycles. The molecular formula is C32H30Cl2N4O2. The maximum Gasteiger partial charge on any atom is 0.253 e. The van der Waals surface area contributed by atoms with Gasteiger partial charge in [-0.15, -0.1) is 0 Å². The van der Waals surface area contributed by atoms with E-state index in [0.29, 0.717) is 21.2 Å². The van der Waals surface area contributed by atoms with Crippen LogP contribution in [0.2, 0.25) is 10.0 Å². The Morgan fingerprint density at radius 2 is 1.77 bits per heavy atom. The summed E-state index contributed by atoms with van der Waals surface area (Å²) >= 11 is 12.3. The van der Waals surface area contributed by atoms with Crippen molar-refractivity contribution in [3.05, 3.63) is 105 Å². The van der Waals surface area contributed by atoms with Gasteiger partial charge in [-0.05, 0) is 90.7 Å². The number of amides is 2. The number of benzene rings is 3. The van der Waals surface area contributed by atoms with E-state index in [1.165, 1.54) is 11.1 Å². The fourth-order valence-electron chi connectivity index (χ4n) is 5.94. The molecule has 1 saturated heterocycles. The van der Waals surface area contributed by atoms with Gasteiger partial charge in [0.05, 0.1) is 16.6 Å². The van der Waals surface area contributed by atoms with Crippen molar-refractivity contribution in [1.29, 1.82) is 0 Å². The number of hydrogen-bond donors (Lipinski definition) is 1. The standard InChI is InChI=1S/C32H30Cl2N4O2/c1-37(25-11-14-38(15-12-25)26-7-4-23-19-35-13-10-21(23)16-26)32(40)22-3-2-20-5-9-30(27(20)17-22)36-31(39)28-18-24(33)6-8-29(28)34/h2-4,6-8,10,13,16-19,25,30H,5,9,11-12,14-15H2,1H3,(H,36,39). The van der Waals surface area contributed by atoms with Gasteiger partial charge in [0.25, 0.3) is 11.8 Å². The minimum absolute atomic E-state index is 0.00863. The minimum Gasteiger partial charge on any atom is -0.371 e. The van der Waals surface area contributed by atoms with E-state index in [2.05, 4.69) is 33.4 Å². The van der Waals surface area contributed by atoms with Crippen molar-refractivity contribution in [1.82, 2.24) is 15.2 Å². The third-order valence-electron chi connectivity index (χ3n) is 8.27. The van der Waals surface area contributed by atoms with E-state index in [1.807, 2.05) is 48.6 Å². The lowest BCUT2D eigenvalue weighted by Crippen LogP contribution is -2.45. The Kier molecular flexibility index (Phi) is 7.39. The van der Waals surface area contributed by atoms with Crippen molar-refractivity contribution in [2.75, 3.05) is 25.0 Å². The molecular weight excluding hydrogens is 543 g/mol. The fourth-order valence-corrected chi connectivity index (χ4v) is 6.32.